The molecule has 0 aliphatic rings. The Balaban J connectivity index is 2.35. The molecule has 0 bridgehead atoms. The van der Waals surface area contributed by atoms with Gasteiger partial charge in [0.1, 0.15) is 0 Å². The van der Waals surface area contributed by atoms with E-state index in [-0.39, 0.29) is 5.60 Å². The molecule has 0 fully saturated rings. The summed E-state index contributed by atoms with van der Waals surface area (Å²) in [4.78, 5) is 0. The summed E-state index contributed by atoms with van der Waals surface area (Å²) in [5, 5.41) is 4.34. The van der Waals surface area contributed by atoms with Crippen molar-refractivity contribution in [3.8, 4) is 0 Å². The standard InChI is InChI=1S/C12H17Cl2NO/c1-12(2,3)16-7-6-15-9-4-5-10(13)11(14)8-9/h4-5,8,15H,6-7H2,1-3H3. The zero-order valence-electron chi connectivity index (χ0n) is 9.81. The zero-order valence-corrected chi connectivity index (χ0v) is 11.3. The molecule has 2 nitrogen and oxygen atoms in total. The van der Waals surface area contributed by atoms with Crippen LogP contribution in [0.4, 0.5) is 5.69 Å². The van der Waals surface area contributed by atoms with Crippen molar-refractivity contribution in [2.24, 2.45) is 0 Å². The summed E-state index contributed by atoms with van der Waals surface area (Å²) in [7, 11) is 0. The maximum absolute atomic E-state index is 5.90. The minimum Gasteiger partial charge on any atom is -0.383 e. The highest BCUT2D eigenvalue weighted by Crippen LogP contribution is 2.24. The Bertz CT molecular complexity index is 347. The molecule has 1 aromatic rings. The molecule has 1 rings (SSSR count). The highest BCUT2D eigenvalue weighted by Gasteiger charge is 2.08. The number of benzene rings is 1. The topological polar surface area (TPSA) is 21.3 Å². The van der Waals surface area contributed by atoms with Crippen LogP contribution in [0.1, 0.15) is 20.8 Å². The lowest BCUT2D eigenvalue weighted by atomic mass is 10.2. The number of ether oxygens (including phenoxy) is 1. The van der Waals surface area contributed by atoms with Gasteiger partial charge in [0.15, 0.2) is 0 Å². The van der Waals surface area contributed by atoms with Crippen LogP contribution >= 0.6 is 23.2 Å². The monoisotopic (exact) mass is 261 g/mol. The molecule has 0 heterocycles. The third-order valence-corrected chi connectivity index (χ3v) is 2.62. The van der Waals surface area contributed by atoms with E-state index in [0.29, 0.717) is 16.7 Å². The second-order valence-electron chi connectivity index (χ2n) is 4.52. The first-order chi connectivity index (χ1) is 7.38. The lowest BCUT2D eigenvalue weighted by Gasteiger charge is -2.19. The summed E-state index contributed by atoms with van der Waals surface area (Å²) < 4.78 is 5.58. The summed E-state index contributed by atoms with van der Waals surface area (Å²) in [6, 6.07) is 5.48. The summed E-state index contributed by atoms with van der Waals surface area (Å²) in [6.45, 7) is 7.50. The Hall–Kier alpha value is -0.440. The Labute approximate surface area is 107 Å². The molecule has 1 N–H and O–H groups in total. The maximum atomic E-state index is 5.90. The normalized spacial score (nSPS) is 11.6. The largest absolute Gasteiger partial charge is 0.383 e. The first-order valence-electron chi connectivity index (χ1n) is 5.21. The quantitative estimate of drug-likeness (QED) is 0.820. The van der Waals surface area contributed by atoms with Gasteiger partial charge in [-0.1, -0.05) is 23.2 Å². The minimum absolute atomic E-state index is 0.0979. The highest BCUT2D eigenvalue weighted by molar-refractivity contribution is 6.42. The third-order valence-electron chi connectivity index (χ3n) is 1.89. The molecule has 90 valence electrons. The minimum atomic E-state index is -0.0979. The number of hydrogen-bond acceptors (Lipinski definition) is 2. The van der Waals surface area contributed by atoms with Gasteiger partial charge in [0, 0.05) is 12.2 Å². The van der Waals surface area contributed by atoms with Crippen LogP contribution in [0.25, 0.3) is 0 Å². The van der Waals surface area contributed by atoms with Gasteiger partial charge in [-0.25, -0.2) is 0 Å². The Morgan fingerprint density at radius 2 is 1.88 bits per heavy atom. The van der Waals surface area contributed by atoms with E-state index in [1.807, 2.05) is 26.8 Å². The molecule has 0 aromatic heterocycles. The number of halogens is 2. The van der Waals surface area contributed by atoms with E-state index in [1.165, 1.54) is 0 Å². The van der Waals surface area contributed by atoms with E-state index >= 15 is 0 Å². The van der Waals surface area contributed by atoms with E-state index in [0.717, 1.165) is 12.2 Å². The van der Waals surface area contributed by atoms with Crippen molar-refractivity contribution in [1.82, 2.24) is 0 Å². The predicted octanol–water partition coefficient (Wildman–Crippen LogP) is 4.22. The van der Waals surface area contributed by atoms with Crippen LogP contribution in [-0.2, 0) is 4.74 Å². The smallest absolute Gasteiger partial charge is 0.0646 e. The second-order valence-corrected chi connectivity index (χ2v) is 5.33. The number of nitrogens with one attached hydrogen (secondary N) is 1. The lowest BCUT2D eigenvalue weighted by Crippen LogP contribution is -2.23. The summed E-state index contributed by atoms with van der Waals surface area (Å²) in [6.07, 6.45) is 0. The molecule has 0 unspecified atom stereocenters. The number of anilines is 1. The molecule has 0 spiro atoms. The fourth-order valence-corrected chi connectivity index (χ4v) is 1.46. The molecule has 16 heavy (non-hydrogen) atoms. The van der Waals surface area contributed by atoms with Gasteiger partial charge in [-0.2, -0.15) is 0 Å². The van der Waals surface area contributed by atoms with Crippen molar-refractivity contribution in [2.45, 2.75) is 26.4 Å². The average Bonchev–Trinajstić information content (AvgIpc) is 2.17. The predicted molar refractivity (Wildman–Crippen MR) is 70.7 cm³/mol. The number of hydrogen-bond donors (Lipinski definition) is 1. The fourth-order valence-electron chi connectivity index (χ4n) is 1.16. The molecule has 0 radical (unpaired) electrons. The molecule has 0 atom stereocenters. The molecule has 0 saturated carbocycles. The van der Waals surface area contributed by atoms with Crippen molar-refractivity contribution in [3.63, 3.8) is 0 Å². The van der Waals surface area contributed by atoms with Crippen molar-refractivity contribution in [3.05, 3.63) is 28.2 Å². The Morgan fingerprint density at radius 1 is 1.19 bits per heavy atom. The molecule has 0 amide bonds. The van der Waals surface area contributed by atoms with Gasteiger partial charge >= 0.3 is 0 Å². The van der Waals surface area contributed by atoms with Crippen molar-refractivity contribution >= 4 is 28.9 Å². The third kappa shape index (κ3) is 5.06. The highest BCUT2D eigenvalue weighted by atomic mass is 35.5. The van der Waals surface area contributed by atoms with Gasteiger partial charge in [-0.3, -0.25) is 0 Å². The Kier molecular flexibility index (Phi) is 4.90. The van der Waals surface area contributed by atoms with Gasteiger partial charge in [0.25, 0.3) is 0 Å². The molecule has 1 aromatic carbocycles. The van der Waals surface area contributed by atoms with Gasteiger partial charge < -0.3 is 10.1 Å². The van der Waals surface area contributed by atoms with Gasteiger partial charge in [-0.15, -0.1) is 0 Å². The maximum Gasteiger partial charge on any atom is 0.0646 e. The van der Waals surface area contributed by atoms with Crippen LogP contribution in [0.2, 0.25) is 10.0 Å². The van der Waals surface area contributed by atoms with Gasteiger partial charge in [-0.05, 0) is 39.0 Å². The van der Waals surface area contributed by atoms with Gasteiger partial charge in [0.2, 0.25) is 0 Å². The summed E-state index contributed by atoms with van der Waals surface area (Å²) >= 11 is 11.7. The Morgan fingerprint density at radius 3 is 2.44 bits per heavy atom. The first kappa shape index (κ1) is 13.6. The molecular formula is C12H17Cl2NO. The van der Waals surface area contributed by atoms with E-state index in [1.54, 1.807) is 12.1 Å². The number of rotatable bonds is 4. The van der Waals surface area contributed by atoms with Crippen molar-refractivity contribution < 1.29 is 4.74 Å². The van der Waals surface area contributed by atoms with Crippen LogP contribution in [-0.4, -0.2) is 18.8 Å². The van der Waals surface area contributed by atoms with E-state index < -0.39 is 0 Å². The fraction of sp³-hybridized carbons (Fsp3) is 0.500. The van der Waals surface area contributed by atoms with E-state index in [2.05, 4.69) is 5.32 Å². The zero-order chi connectivity index (χ0) is 12.2. The van der Waals surface area contributed by atoms with Gasteiger partial charge in [0.05, 0.1) is 22.3 Å². The van der Waals surface area contributed by atoms with E-state index in [4.69, 9.17) is 27.9 Å². The van der Waals surface area contributed by atoms with Crippen LogP contribution in [0.3, 0.4) is 0 Å². The molecule has 0 saturated heterocycles. The lowest BCUT2D eigenvalue weighted by molar-refractivity contribution is 0.00333. The van der Waals surface area contributed by atoms with Crippen LogP contribution in [0, 0.1) is 0 Å². The van der Waals surface area contributed by atoms with Crippen LogP contribution < -0.4 is 5.32 Å². The summed E-state index contributed by atoms with van der Waals surface area (Å²) in [5.74, 6) is 0. The molecule has 0 aliphatic carbocycles. The molecular weight excluding hydrogens is 245 g/mol. The second kappa shape index (κ2) is 5.76. The van der Waals surface area contributed by atoms with Crippen LogP contribution in [0.15, 0.2) is 18.2 Å². The summed E-state index contributed by atoms with van der Waals surface area (Å²) in [5.41, 5.74) is 0.853. The van der Waals surface area contributed by atoms with E-state index in [9.17, 15) is 0 Å². The van der Waals surface area contributed by atoms with Crippen LogP contribution in [0.5, 0.6) is 0 Å². The van der Waals surface area contributed by atoms with Crippen molar-refractivity contribution in [1.29, 1.82) is 0 Å². The van der Waals surface area contributed by atoms with Crippen molar-refractivity contribution in [2.75, 3.05) is 18.5 Å². The first-order valence-corrected chi connectivity index (χ1v) is 5.97. The molecule has 0 aliphatic heterocycles. The molecule has 4 heteroatoms. The average molecular weight is 262 g/mol. The SMILES string of the molecule is CC(C)(C)OCCNc1ccc(Cl)c(Cl)c1.